The fourth-order valence-corrected chi connectivity index (χ4v) is 9.24. The first-order valence-corrected chi connectivity index (χ1v) is 19.7. The van der Waals surface area contributed by atoms with E-state index in [1.807, 2.05) is 6.07 Å². The molecule has 9 aromatic carbocycles. The molecule has 57 heavy (non-hydrogen) atoms. The van der Waals surface area contributed by atoms with Crippen molar-refractivity contribution in [2.45, 2.75) is 19.3 Å². The molecule has 268 valence electrons. The Hall–Kier alpha value is -7.16. The van der Waals surface area contributed by atoms with E-state index in [1.54, 1.807) is 0 Å². The SMILES string of the molecule is CC1(C)c2ccccc2-c2ccc(-c3ccccc3-c3cc(-c4cccc(-c5c6ccccc6cc6c5ccc5ccccc56)c4)nc(-c4ccccc4)n3)cc21. The molecule has 1 aliphatic carbocycles. The van der Waals surface area contributed by atoms with Crippen LogP contribution in [0.25, 0.3) is 99.6 Å². The highest BCUT2D eigenvalue weighted by Gasteiger charge is 2.35. The Kier molecular flexibility index (Phi) is 7.55. The van der Waals surface area contributed by atoms with Gasteiger partial charge in [0.05, 0.1) is 11.4 Å². The van der Waals surface area contributed by atoms with Crippen LogP contribution in [0.5, 0.6) is 0 Å². The largest absolute Gasteiger partial charge is 0.228 e. The van der Waals surface area contributed by atoms with Gasteiger partial charge in [0.25, 0.3) is 0 Å². The van der Waals surface area contributed by atoms with Crippen LogP contribution in [0.1, 0.15) is 25.0 Å². The number of hydrogen-bond donors (Lipinski definition) is 0. The highest BCUT2D eigenvalue weighted by Crippen LogP contribution is 2.50. The zero-order valence-electron chi connectivity index (χ0n) is 31.9. The second-order valence-corrected chi connectivity index (χ2v) is 15.7. The minimum atomic E-state index is -0.0903. The Morgan fingerprint density at radius 3 is 1.84 bits per heavy atom. The van der Waals surface area contributed by atoms with Gasteiger partial charge in [-0.3, -0.25) is 0 Å². The van der Waals surface area contributed by atoms with Crippen molar-refractivity contribution in [3.8, 4) is 67.3 Å². The van der Waals surface area contributed by atoms with Gasteiger partial charge in [-0.1, -0.05) is 184 Å². The molecule has 0 saturated carbocycles. The molecule has 0 unspecified atom stereocenters. The van der Waals surface area contributed by atoms with Crippen LogP contribution in [-0.4, -0.2) is 9.97 Å². The van der Waals surface area contributed by atoms with Crippen molar-refractivity contribution >= 4 is 32.3 Å². The van der Waals surface area contributed by atoms with Gasteiger partial charge in [-0.15, -0.1) is 0 Å². The van der Waals surface area contributed by atoms with E-state index >= 15 is 0 Å². The minimum absolute atomic E-state index is 0.0903. The monoisotopic (exact) mass is 726 g/mol. The summed E-state index contributed by atoms with van der Waals surface area (Å²) in [5.74, 6) is 0.705. The Balaban J connectivity index is 1.09. The van der Waals surface area contributed by atoms with E-state index in [2.05, 4.69) is 202 Å². The number of hydrogen-bond acceptors (Lipinski definition) is 2. The average Bonchev–Trinajstić information content (AvgIpc) is 3.51. The van der Waals surface area contributed by atoms with Crippen LogP contribution in [0.2, 0.25) is 0 Å². The predicted molar refractivity (Wildman–Crippen MR) is 239 cm³/mol. The van der Waals surface area contributed by atoms with Crippen molar-refractivity contribution in [2.24, 2.45) is 0 Å². The van der Waals surface area contributed by atoms with Gasteiger partial charge in [-0.2, -0.15) is 0 Å². The molecule has 1 heterocycles. The molecule has 0 radical (unpaired) electrons. The molecule has 1 aliphatic rings. The van der Waals surface area contributed by atoms with Crippen LogP contribution in [0.4, 0.5) is 0 Å². The van der Waals surface area contributed by atoms with Crippen LogP contribution >= 0.6 is 0 Å². The van der Waals surface area contributed by atoms with Gasteiger partial charge in [-0.25, -0.2) is 9.97 Å². The second-order valence-electron chi connectivity index (χ2n) is 15.7. The molecule has 2 heteroatoms. The molecule has 0 aliphatic heterocycles. The highest BCUT2D eigenvalue weighted by atomic mass is 14.9. The maximum Gasteiger partial charge on any atom is 0.160 e. The summed E-state index contributed by atoms with van der Waals surface area (Å²) in [6.07, 6.45) is 0. The molecule has 0 N–H and O–H groups in total. The van der Waals surface area contributed by atoms with E-state index in [0.717, 1.165) is 39.2 Å². The molecule has 0 bridgehead atoms. The maximum atomic E-state index is 5.30. The summed E-state index contributed by atoms with van der Waals surface area (Å²) >= 11 is 0. The van der Waals surface area contributed by atoms with Crippen LogP contribution in [0, 0.1) is 0 Å². The maximum absolute atomic E-state index is 5.30. The first-order chi connectivity index (χ1) is 28.0. The topological polar surface area (TPSA) is 25.8 Å². The Morgan fingerprint density at radius 2 is 0.982 bits per heavy atom. The molecule has 2 nitrogen and oxygen atoms in total. The third-order valence-corrected chi connectivity index (χ3v) is 12.1. The Morgan fingerprint density at radius 1 is 0.333 bits per heavy atom. The number of aromatic nitrogens is 2. The zero-order chi connectivity index (χ0) is 38.1. The Bertz CT molecular complexity index is 3210. The second kappa shape index (κ2) is 13.0. The van der Waals surface area contributed by atoms with Gasteiger partial charge in [-0.05, 0) is 101 Å². The number of benzene rings is 9. The van der Waals surface area contributed by atoms with Crippen LogP contribution in [0.15, 0.2) is 194 Å². The van der Waals surface area contributed by atoms with E-state index in [4.69, 9.17) is 9.97 Å². The van der Waals surface area contributed by atoms with Crippen molar-refractivity contribution in [3.63, 3.8) is 0 Å². The highest BCUT2D eigenvalue weighted by molar-refractivity contribution is 6.20. The number of fused-ring (bicyclic) bond motifs is 7. The molecule has 0 spiro atoms. The summed E-state index contributed by atoms with van der Waals surface area (Å²) in [4.78, 5) is 10.6. The first kappa shape index (κ1) is 33.2. The van der Waals surface area contributed by atoms with E-state index in [0.29, 0.717) is 5.82 Å². The standard InChI is InChI=1S/C55H38N2/c1-55(2)49-26-13-12-24-44(49)45-29-28-38(33-50(45)55)42-22-10-11-25-46(42)52-34-51(56-54(57-52)36-16-4-3-5-17-36)39-19-14-20-40(31-39)53-43-23-9-7-18-37(43)32-48-41-21-8-6-15-35(41)27-30-47(48)53/h3-34H,1-2H3. The molecule has 0 saturated heterocycles. The lowest BCUT2D eigenvalue weighted by molar-refractivity contribution is 0.660. The van der Waals surface area contributed by atoms with Gasteiger partial charge < -0.3 is 0 Å². The fourth-order valence-electron chi connectivity index (χ4n) is 9.24. The lowest BCUT2D eigenvalue weighted by atomic mass is 9.81. The van der Waals surface area contributed by atoms with Crippen LogP contribution < -0.4 is 0 Å². The van der Waals surface area contributed by atoms with Gasteiger partial charge >= 0.3 is 0 Å². The fraction of sp³-hybridized carbons (Fsp3) is 0.0545. The van der Waals surface area contributed by atoms with E-state index in [1.165, 1.54) is 65.7 Å². The van der Waals surface area contributed by atoms with Gasteiger partial charge in [0, 0.05) is 22.1 Å². The molecule has 10 aromatic rings. The molecule has 1 aromatic heterocycles. The van der Waals surface area contributed by atoms with E-state index < -0.39 is 0 Å². The van der Waals surface area contributed by atoms with Crippen molar-refractivity contribution < 1.29 is 0 Å². The minimum Gasteiger partial charge on any atom is -0.228 e. The summed E-state index contributed by atoms with van der Waals surface area (Å²) in [6, 6.07) is 70.2. The summed E-state index contributed by atoms with van der Waals surface area (Å²) < 4.78 is 0. The summed E-state index contributed by atoms with van der Waals surface area (Å²) in [5, 5.41) is 7.48. The van der Waals surface area contributed by atoms with Gasteiger partial charge in [0.2, 0.25) is 0 Å². The molecular formula is C55H38N2. The smallest absolute Gasteiger partial charge is 0.160 e. The summed E-state index contributed by atoms with van der Waals surface area (Å²) in [7, 11) is 0. The van der Waals surface area contributed by atoms with Crippen LogP contribution in [0.3, 0.4) is 0 Å². The lowest BCUT2D eigenvalue weighted by Crippen LogP contribution is -2.14. The Labute approximate surface area is 332 Å². The predicted octanol–water partition coefficient (Wildman–Crippen LogP) is 14.6. The summed E-state index contributed by atoms with van der Waals surface area (Å²) in [6.45, 7) is 4.68. The van der Waals surface area contributed by atoms with Crippen molar-refractivity contribution in [3.05, 3.63) is 205 Å². The normalized spacial score (nSPS) is 12.9. The first-order valence-electron chi connectivity index (χ1n) is 19.7. The molecule has 0 amide bonds. The van der Waals surface area contributed by atoms with Gasteiger partial charge in [0.1, 0.15) is 0 Å². The zero-order valence-corrected chi connectivity index (χ0v) is 31.9. The molecule has 11 rings (SSSR count). The number of rotatable bonds is 5. The summed E-state index contributed by atoms with van der Waals surface area (Å²) in [5.41, 5.74) is 14.9. The van der Waals surface area contributed by atoms with E-state index in [9.17, 15) is 0 Å². The molecular weight excluding hydrogens is 689 g/mol. The quantitative estimate of drug-likeness (QED) is 0.130. The molecule has 0 atom stereocenters. The van der Waals surface area contributed by atoms with Gasteiger partial charge in [0.15, 0.2) is 5.82 Å². The van der Waals surface area contributed by atoms with E-state index in [-0.39, 0.29) is 5.41 Å². The van der Waals surface area contributed by atoms with Crippen molar-refractivity contribution in [1.82, 2.24) is 9.97 Å². The number of nitrogens with zero attached hydrogens (tertiary/aromatic N) is 2. The molecule has 0 fully saturated rings. The third kappa shape index (κ3) is 5.40. The third-order valence-electron chi connectivity index (χ3n) is 12.1. The van der Waals surface area contributed by atoms with Crippen molar-refractivity contribution in [1.29, 1.82) is 0 Å². The average molecular weight is 727 g/mol. The van der Waals surface area contributed by atoms with Crippen LogP contribution in [-0.2, 0) is 5.41 Å². The lowest BCUT2D eigenvalue weighted by Gasteiger charge is -2.22. The van der Waals surface area contributed by atoms with Crippen molar-refractivity contribution in [2.75, 3.05) is 0 Å².